The van der Waals surface area contributed by atoms with E-state index in [9.17, 15) is 9.59 Å². The monoisotopic (exact) mass is 257 g/mol. The third-order valence-corrected chi connectivity index (χ3v) is 3.10. The number of ether oxygens (including phenoxy) is 1. The minimum atomic E-state index is -0.481. The molecule has 3 N–H and O–H groups in total. The van der Waals surface area contributed by atoms with Gasteiger partial charge in [0.05, 0.1) is 25.3 Å². The van der Waals surface area contributed by atoms with Crippen molar-refractivity contribution in [2.75, 3.05) is 26.3 Å². The van der Waals surface area contributed by atoms with Crippen LogP contribution in [0.4, 0.5) is 0 Å². The normalized spacial score (nSPS) is 19.7. The lowest BCUT2D eigenvalue weighted by Crippen LogP contribution is -2.55. The Morgan fingerprint density at radius 1 is 1.22 bits per heavy atom. The van der Waals surface area contributed by atoms with Crippen LogP contribution in [0.1, 0.15) is 20.8 Å². The standard InChI is InChI=1S/C12H23N3O3/c1-8(2)10(11(13)16)14-9(3)12(17)15-4-6-18-7-5-15/h8-10,14H,4-7H2,1-3H3,(H2,13,16). The van der Waals surface area contributed by atoms with Crippen molar-refractivity contribution >= 4 is 11.8 Å². The molecule has 0 aliphatic carbocycles. The molecule has 104 valence electrons. The lowest BCUT2D eigenvalue weighted by Gasteiger charge is -2.31. The van der Waals surface area contributed by atoms with Crippen LogP contribution in [-0.2, 0) is 14.3 Å². The van der Waals surface area contributed by atoms with Crippen LogP contribution in [0.2, 0.25) is 0 Å². The van der Waals surface area contributed by atoms with Gasteiger partial charge in [-0.3, -0.25) is 14.9 Å². The van der Waals surface area contributed by atoms with Crippen LogP contribution in [0.15, 0.2) is 0 Å². The zero-order chi connectivity index (χ0) is 13.7. The van der Waals surface area contributed by atoms with Crippen molar-refractivity contribution in [2.24, 2.45) is 11.7 Å². The summed E-state index contributed by atoms with van der Waals surface area (Å²) >= 11 is 0. The maximum atomic E-state index is 12.1. The summed E-state index contributed by atoms with van der Waals surface area (Å²) in [6.45, 7) is 7.91. The van der Waals surface area contributed by atoms with Crippen LogP contribution in [0.3, 0.4) is 0 Å². The molecular formula is C12H23N3O3. The van der Waals surface area contributed by atoms with E-state index in [1.54, 1.807) is 11.8 Å². The number of carbonyl (C=O) groups is 2. The number of nitrogens with two attached hydrogens (primary N) is 1. The maximum Gasteiger partial charge on any atom is 0.239 e. The minimum Gasteiger partial charge on any atom is -0.378 e. The predicted molar refractivity (Wildman–Crippen MR) is 67.8 cm³/mol. The van der Waals surface area contributed by atoms with Gasteiger partial charge in [-0.15, -0.1) is 0 Å². The molecule has 1 saturated heterocycles. The summed E-state index contributed by atoms with van der Waals surface area (Å²) in [6, 6.07) is -0.895. The molecule has 1 rings (SSSR count). The van der Waals surface area contributed by atoms with Gasteiger partial charge in [0.25, 0.3) is 0 Å². The van der Waals surface area contributed by atoms with Crippen LogP contribution in [0.5, 0.6) is 0 Å². The summed E-state index contributed by atoms with van der Waals surface area (Å²) in [5, 5.41) is 3.01. The summed E-state index contributed by atoms with van der Waals surface area (Å²) in [7, 11) is 0. The summed E-state index contributed by atoms with van der Waals surface area (Å²) < 4.78 is 5.20. The predicted octanol–water partition coefficient (Wildman–Crippen LogP) is -0.667. The van der Waals surface area contributed by atoms with Crippen LogP contribution in [0.25, 0.3) is 0 Å². The molecule has 0 aromatic rings. The fourth-order valence-corrected chi connectivity index (χ4v) is 2.00. The van der Waals surface area contributed by atoms with E-state index in [-0.39, 0.29) is 11.8 Å². The Morgan fingerprint density at radius 3 is 2.22 bits per heavy atom. The Hall–Kier alpha value is -1.14. The van der Waals surface area contributed by atoms with E-state index < -0.39 is 18.0 Å². The zero-order valence-electron chi connectivity index (χ0n) is 11.3. The molecule has 2 amide bonds. The summed E-state index contributed by atoms with van der Waals surface area (Å²) in [4.78, 5) is 25.2. The molecule has 0 aromatic heterocycles. The van der Waals surface area contributed by atoms with Gasteiger partial charge in [0.2, 0.25) is 11.8 Å². The van der Waals surface area contributed by atoms with Gasteiger partial charge in [-0.05, 0) is 12.8 Å². The molecule has 0 bridgehead atoms. The highest BCUT2D eigenvalue weighted by Gasteiger charge is 2.27. The van der Waals surface area contributed by atoms with E-state index in [1.807, 2.05) is 13.8 Å². The zero-order valence-corrected chi connectivity index (χ0v) is 11.3. The van der Waals surface area contributed by atoms with E-state index >= 15 is 0 Å². The molecule has 6 heteroatoms. The number of hydrogen-bond donors (Lipinski definition) is 2. The Morgan fingerprint density at radius 2 is 1.78 bits per heavy atom. The van der Waals surface area contributed by atoms with Crippen LogP contribution in [-0.4, -0.2) is 55.1 Å². The van der Waals surface area contributed by atoms with Crippen molar-refractivity contribution in [3.63, 3.8) is 0 Å². The van der Waals surface area contributed by atoms with Crippen molar-refractivity contribution < 1.29 is 14.3 Å². The second-order valence-electron chi connectivity index (χ2n) is 4.95. The Kier molecular flexibility index (Phi) is 5.55. The molecular weight excluding hydrogens is 234 g/mol. The van der Waals surface area contributed by atoms with Crippen molar-refractivity contribution in [3.05, 3.63) is 0 Å². The van der Waals surface area contributed by atoms with Gasteiger partial charge in [0.1, 0.15) is 0 Å². The first kappa shape index (κ1) is 14.9. The van der Waals surface area contributed by atoms with Crippen LogP contribution >= 0.6 is 0 Å². The van der Waals surface area contributed by atoms with Crippen molar-refractivity contribution in [3.8, 4) is 0 Å². The highest BCUT2D eigenvalue weighted by molar-refractivity contribution is 5.84. The highest BCUT2D eigenvalue weighted by Crippen LogP contribution is 2.05. The fourth-order valence-electron chi connectivity index (χ4n) is 2.00. The first-order chi connectivity index (χ1) is 8.43. The molecule has 18 heavy (non-hydrogen) atoms. The molecule has 2 unspecified atom stereocenters. The largest absolute Gasteiger partial charge is 0.378 e. The topological polar surface area (TPSA) is 84.7 Å². The summed E-state index contributed by atoms with van der Waals surface area (Å²) in [6.07, 6.45) is 0. The summed E-state index contributed by atoms with van der Waals surface area (Å²) in [5.41, 5.74) is 5.32. The number of amides is 2. The van der Waals surface area contributed by atoms with E-state index in [0.717, 1.165) is 0 Å². The highest BCUT2D eigenvalue weighted by atomic mass is 16.5. The van der Waals surface area contributed by atoms with Gasteiger partial charge in [-0.2, -0.15) is 0 Å². The number of nitrogens with one attached hydrogen (secondary N) is 1. The molecule has 0 saturated carbocycles. The van der Waals surface area contributed by atoms with Gasteiger partial charge in [-0.1, -0.05) is 13.8 Å². The van der Waals surface area contributed by atoms with Crippen molar-refractivity contribution in [2.45, 2.75) is 32.9 Å². The number of nitrogens with zero attached hydrogens (tertiary/aromatic N) is 1. The quantitative estimate of drug-likeness (QED) is 0.684. The fraction of sp³-hybridized carbons (Fsp3) is 0.833. The maximum absolute atomic E-state index is 12.1. The molecule has 0 spiro atoms. The smallest absolute Gasteiger partial charge is 0.239 e. The Bertz CT molecular complexity index is 301. The molecule has 1 fully saturated rings. The molecule has 1 aliphatic rings. The summed E-state index contributed by atoms with van der Waals surface area (Å²) in [5.74, 6) is -0.376. The molecule has 1 aliphatic heterocycles. The molecule has 6 nitrogen and oxygen atoms in total. The lowest BCUT2D eigenvalue weighted by atomic mass is 10.0. The van der Waals surface area contributed by atoms with E-state index in [4.69, 9.17) is 10.5 Å². The van der Waals surface area contributed by atoms with Gasteiger partial charge in [-0.25, -0.2) is 0 Å². The molecule has 0 aromatic carbocycles. The average molecular weight is 257 g/mol. The van der Waals surface area contributed by atoms with Crippen molar-refractivity contribution in [1.29, 1.82) is 0 Å². The number of primary amides is 1. The number of morpholine rings is 1. The van der Waals surface area contributed by atoms with Gasteiger partial charge in [0, 0.05) is 13.1 Å². The third-order valence-electron chi connectivity index (χ3n) is 3.10. The first-order valence-electron chi connectivity index (χ1n) is 6.35. The number of carbonyl (C=O) groups excluding carboxylic acids is 2. The third kappa shape index (κ3) is 3.96. The van der Waals surface area contributed by atoms with Crippen LogP contribution in [0, 0.1) is 5.92 Å². The first-order valence-corrected chi connectivity index (χ1v) is 6.35. The Labute approximate surface area is 108 Å². The van der Waals surface area contributed by atoms with Gasteiger partial charge < -0.3 is 15.4 Å². The molecule has 2 atom stereocenters. The number of hydrogen-bond acceptors (Lipinski definition) is 4. The van der Waals surface area contributed by atoms with E-state index in [0.29, 0.717) is 26.3 Å². The SMILES string of the molecule is CC(NC(C(N)=O)C(C)C)C(=O)N1CCOCC1. The molecule has 0 radical (unpaired) electrons. The van der Waals surface area contributed by atoms with E-state index in [2.05, 4.69) is 5.32 Å². The van der Waals surface area contributed by atoms with Crippen LogP contribution < -0.4 is 11.1 Å². The lowest BCUT2D eigenvalue weighted by molar-refractivity contribution is -0.137. The Balaban J connectivity index is 2.54. The second kappa shape index (κ2) is 6.70. The number of rotatable bonds is 5. The van der Waals surface area contributed by atoms with E-state index in [1.165, 1.54) is 0 Å². The van der Waals surface area contributed by atoms with Gasteiger partial charge in [0.15, 0.2) is 0 Å². The van der Waals surface area contributed by atoms with Crippen molar-refractivity contribution in [1.82, 2.24) is 10.2 Å². The molecule has 1 heterocycles. The average Bonchev–Trinajstić information content (AvgIpc) is 2.35. The van der Waals surface area contributed by atoms with Gasteiger partial charge >= 0.3 is 0 Å². The second-order valence-corrected chi connectivity index (χ2v) is 4.95. The minimum absolute atomic E-state index is 0.00907.